The van der Waals surface area contributed by atoms with E-state index in [2.05, 4.69) is 58.3 Å². The Hall–Kier alpha value is -2.17. The van der Waals surface area contributed by atoms with Crippen LogP contribution in [0.15, 0.2) is 29.8 Å². The van der Waals surface area contributed by atoms with Crippen molar-refractivity contribution in [2.75, 3.05) is 46.4 Å². The van der Waals surface area contributed by atoms with E-state index in [1.54, 1.807) is 11.3 Å². The molecule has 8 nitrogen and oxygen atoms in total. The summed E-state index contributed by atoms with van der Waals surface area (Å²) >= 11 is 1.65. The molecule has 3 fully saturated rings. The molecule has 1 aromatic heterocycles. The van der Waals surface area contributed by atoms with Crippen LogP contribution in [0.5, 0.6) is 0 Å². The summed E-state index contributed by atoms with van der Waals surface area (Å²) in [5.74, 6) is 0.478. The van der Waals surface area contributed by atoms with Crippen LogP contribution < -0.4 is 11.1 Å². The van der Waals surface area contributed by atoms with Gasteiger partial charge in [0.1, 0.15) is 6.29 Å². The minimum atomic E-state index is -0.194. The summed E-state index contributed by atoms with van der Waals surface area (Å²) in [5.41, 5.74) is 10.8. The number of carbonyl (C=O) groups is 2. The highest BCUT2D eigenvalue weighted by Crippen LogP contribution is 2.28. The van der Waals surface area contributed by atoms with Crippen molar-refractivity contribution in [2.45, 2.75) is 76.9 Å². The smallest absolute Gasteiger partial charge is 0.207 e. The van der Waals surface area contributed by atoms with Crippen molar-refractivity contribution >= 4 is 24.0 Å². The summed E-state index contributed by atoms with van der Waals surface area (Å²) in [4.78, 5) is 31.5. The third-order valence-electron chi connectivity index (χ3n) is 8.37. The number of thiazole rings is 1. The molecule has 2 saturated heterocycles. The van der Waals surface area contributed by atoms with Gasteiger partial charge in [0.25, 0.3) is 0 Å². The Morgan fingerprint density at radius 1 is 1.07 bits per heavy atom. The number of nitrogens with one attached hydrogen (secondary N) is 1. The first-order chi connectivity index (χ1) is 19.4. The van der Waals surface area contributed by atoms with Crippen molar-refractivity contribution in [3.63, 3.8) is 0 Å². The molecule has 1 aliphatic carbocycles. The SMILES string of the molecule is CC1CCCN1C.Cc1ncsc1-c1ccc(C(CN2CCOCC2)NC=O)cc1.NC(C=O)C1CCCCC1. The van der Waals surface area contributed by atoms with E-state index in [1.807, 2.05) is 12.4 Å². The van der Waals surface area contributed by atoms with Crippen molar-refractivity contribution in [1.29, 1.82) is 0 Å². The molecule has 5 rings (SSSR count). The second-order valence-corrected chi connectivity index (χ2v) is 12.1. The van der Waals surface area contributed by atoms with Crippen molar-refractivity contribution in [1.82, 2.24) is 20.1 Å². The zero-order chi connectivity index (χ0) is 28.7. The van der Waals surface area contributed by atoms with Gasteiger partial charge in [0.15, 0.2) is 0 Å². The quantitative estimate of drug-likeness (QED) is 0.452. The lowest BCUT2D eigenvalue weighted by atomic mass is 9.85. The van der Waals surface area contributed by atoms with Gasteiger partial charge in [-0.25, -0.2) is 4.98 Å². The topological polar surface area (TPSA) is 101 Å². The summed E-state index contributed by atoms with van der Waals surface area (Å²) < 4.78 is 5.38. The van der Waals surface area contributed by atoms with Crippen LogP contribution in [-0.4, -0.2) is 86.0 Å². The number of nitrogens with two attached hydrogens (primary N) is 1. The molecule has 3 unspecified atom stereocenters. The summed E-state index contributed by atoms with van der Waals surface area (Å²) in [7, 11) is 2.19. The van der Waals surface area contributed by atoms with Crippen LogP contribution in [0.4, 0.5) is 0 Å². The molecule has 1 aromatic carbocycles. The summed E-state index contributed by atoms with van der Waals surface area (Å²) in [6.45, 7) is 9.77. The highest BCUT2D eigenvalue weighted by molar-refractivity contribution is 7.13. The highest BCUT2D eigenvalue weighted by Gasteiger charge is 2.20. The second-order valence-electron chi connectivity index (χ2n) is 11.2. The predicted octanol–water partition coefficient (Wildman–Crippen LogP) is 4.43. The van der Waals surface area contributed by atoms with Crippen LogP contribution in [0.1, 0.15) is 69.2 Å². The number of ether oxygens (including phenoxy) is 1. The molecular formula is C31H49N5O3S. The third-order valence-corrected chi connectivity index (χ3v) is 9.35. The Morgan fingerprint density at radius 2 is 1.77 bits per heavy atom. The second kappa shape index (κ2) is 17.6. The maximum absolute atomic E-state index is 11.0. The molecule has 9 heteroatoms. The number of benzene rings is 1. The van der Waals surface area contributed by atoms with Crippen molar-refractivity contribution < 1.29 is 14.3 Å². The van der Waals surface area contributed by atoms with Crippen LogP contribution in [0, 0.1) is 12.8 Å². The number of aryl methyl sites for hydroxylation is 1. The molecule has 0 bridgehead atoms. The Bertz CT molecular complexity index is 981. The lowest BCUT2D eigenvalue weighted by Gasteiger charge is -2.30. The van der Waals surface area contributed by atoms with E-state index in [1.165, 1.54) is 49.1 Å². The van der Waals surface area contributed by atoms with Gasteiger partial charge in [-0.2, -0.15) is 0 Å². The lowest BCUT2D eigenvalue weighted by Crippen LogP contribution is -2.41. The average Bonchev–Trinajstić information content (AvgIpc) is 3.60. The van der Waals surface area contributed by atoms with Crippen LogP contribution in [-0.2, 0) is 14.3 Å². The first kappa shape index (κ1) is 32.3. The van der Waals surface area contributed by atoms with E-state index in [0.29, 0.717) is 5.92 Å². The number of hydrogen-bond donors (Lipinski definition) is 2. The fourth-order valence-corrected chi connectivity index (χ4v) is 6.34. The van der Waals surface area contributed by atoms with E-state index in [-0.39, 0.29) is 12.1 Å². The van der Waals surface area contributed by atoms with Crippen molar-refractivity contribution in [3.8, 4) is 10.4 Å². The molecule has 3 N–H and O–H groups in total. The van der Waals surface area contributed by atoms with Gasteiger partial charge in [-0.05, 0) is 70.2 Å². The van der Waals surface area contributed by atoms with Crippen LogP contribution in [0.3, 0.4) is 0 Å². The molecule has 1 saturated carbocycles. The van der Waals surface area contributed by atoms with E-state index >= 15 is 0 Å². The van der Waals surface area contributed by atoms with E-state index < -0.39 is 0 Å². The highest BCUT2D eigenvalue weighted by atomic mass is 32.1. The summed E-state index contributed by atoms with van der Waals surface area (Å²) in [5, 5.41) is 2.94. The Balaban J connectivity index is 0.000000212. The van der Waals surface area contributed by atoms with Crippen molar-refractivity contribution in [2.24, 2.45) is 11.7 Å². The average molecular weight is 572 g/mol. The molecular weight excluding hydrogens is 522 g/mol. The zero-order valence-corrected chi connectivity index (χ0v) is 25.4. The Morgan fingerprint density at radius 3 is 2.27 bits per heavy atom. The first-order valence-corrected chi connectivity index (χ1v) is 15.7. The number of hydrogen-bond acceptors (Lipinski definition) is 8. The van der Waals surface area contributed by atoms with E-state index in [9.17, 15) is 9.59 Å². The van der Waals surface area contributed by atoms with Crippen LogP contribution in [0.25, 0.3) is 10.4 Å². The fraction of sp³-hybridized carbons (Fsp3) is 0.645. The third kappa shape index (κ3) is 10.3. The molecule has 1 amide bonds. The molecule has 222 valence electrons. The molecule has 3 heterocycles. The summed E-state index contributed by atoms with van der Waals surface area (Å²) in [6, 6.07) is 9.05. The summed E-state index contributed by atoms with van der Waals surface area (Å²) in [6.07, 6.45) is 10.6. The lowest BCUT2D eigenvalue weighted by molar-refractivity contribution is -0.111. The van der Waals surface area contributed by atoms with Gasteiger partial charge in [-0.1, -0.05) is 43.5 Å². The standard InChI is InChI=1S/C17H21N3O2S.C8H15NO.C6H13N/c1-13-17(23-12-19-13)15-4-2-14(3-5-15)16(18-11-21)10-20-6-8-22-9-7-20;9-8(6-10)7-4-2-1-3-5-7;1-6-4-3-5-7(6)2/h2-5,11-12,16H,6-10H2,1H3,(H,18,21);6-8H,1-5,9H2;6H,3-5H2,1-2H3. The van der Waals surface area contributed by atoms with Gasteiger partial charge < -0.3 is 25.5 Å². The number of nitrogens with zero attached hydrogens (tertiary/aromatic N) is 3. The number of amides is 1. The molecule has 0 radical (unpaired) electrons. The van der Waals surface area contributed by atoms with Gasteiger partial charge >= 0.3 is 0 Å². The van der Waals surface area contributed by atoms with Gasteiger partial charge in [-0.15, -0.1) is 11.3 Å². The van der Waals surface area contributed by atoms with Crippen molar-refractivity contribution in [3.05, 3.63) is 41.0 Å². The van der Waals surface area contributed by atoms with Crippen LogP contribution >= 0.6 is 11.3 Å². The number of morpholine rings is 1. The molecule has 2 aliphatic heterocycles. The fourth-order valence-electron chi connectivity index (χ4n) is 5.53. The van der Waals surface area contributed by atoms with Gasteiger partial charge in [-0.3, -0.25) is 9.69 Å². The molecule has 3 aliphatic rings. The molecule has 2 aromatic rings. The predicted molar refractivity (Wildman–Crippen MR) is 163 cm³/mol. The number of aromatic nitrogens is 1. The number of rotatable bonds is 8. The zero-order valence-electron chi connectivity index (χ0n) is 24.6. The van der Waals surface area contributed by atoms with Gasteiger partial charge in [0.05, 0.1) is 41.4 Å². The molecule has 0 spiro atoms. The normalized spacial score (nSPS) is 21.8. The van der Waals surface area contributed by atoms with Gasteiger partial charge in [0, 0.05) is 25.7 Å². The molecule has 40 heavy (non-hydrogen) atoms. The Labute approximate surface area is 244 Å². The number of likely N-dealkylation sites (tertiary alicyclic amines) is 1. The maximum atomic E-state index is 11.0. The minimum absolute atomic E-state index is 0.00204. The van der Waals surface area contributed by atoms with E-state index in [0.717, 1.165) is 75.7 Å². The van der Waals surface area contributed by atoms with Gasteiger partial charge in [0.2, 0.25) is 6.41 Å². The first-order valence-electron chi connectivity index (χ1n) is 14.8. The largest absolute Gasteiger partial charge is 0.379 e. The monoisotopic (exact) mass is 571 g/mol. The van der Waals surface area contributed by atoms with E-state index in [4.69, 9.17) is 10.5 Å². The van der Waals surface area contributed by atoms with Crippen LogP contribution in [0.2, 0.25) is 0 Å². The number of carbonyl (C=O) groups excluding carboxylic acids is 2. The maximum Gasteiger partial charge on any atom is 0.207 e. The molecule has 3 atom stereocenters. The number of aldehydes is 1. The minimum Gasteiger partial charge on any atom is -0.379 e. The Kier molecular flexibility index (Phi) is 14.2.